The number of aliphatic carboxylic acids is 1. The Bertz CT molecular complexity index is 1150. The van der Waals surface area contributed by atoms with Crippen molar-refractivity contribution in [2.45, 2.75) is 6.18 Å². The molecule has 0 aromatic heterocycles. The molecule has 2 aromatic rings. The SMILES string of the molecule is O=C(O)COc1ccccc1/C=C1\SC(=O)N(CC(=O)Nc2cccc(C(F)(F)F)c2)C1=O. The monoisotopic (exact) mass is 480 g/mol. The molecule has 1 fully saturated rings. The number of amides is 3. The zero-order valence-electron chi connectivity index (χ0n) is 16.6. The molecule has 0 unspecified atom stereocenters. The quantitative estimate of drug-likeness (QED) is 0.579. The van der Waals surface area contributed by atoms with E-state index in [1.54, 1.807) is 18.2 Å². The van der Waals surface area contributed by atoms with Crippen LogP contribution in [0.5, 0.6) is 5.75 Å². The smallest absolute Gasteiger partial charge is 0.416 e. The molecule has 3 rings (SSSR count). The van der Waals surface area contributed by atoms with E-state index in [-0.39, 0.29) is 16.3 Å². The Morgan fingerprint density at radius 3 is 2.55 bits per heavy atom. The molecule has 12 heteroatoms. The highest BCUT2D eigenvalue weighted by Gasteiger charge is 2.36. The van der Waals surface area contributed by atoms with E-state index < -0.39 is 47.9 Å². The Kier molecular flexibility index (Phi) is 7.07. The average molecular weight is 480 g/mol. The lowest BCUT2D eigenvalue weighted by molar-refractivity contribution is -0.139. The van der Waals surface area contributed by atoms with Crippen LogP contribution >= 0.6 is 11.8 Å². The van der Waals surface area contributed by atoms with Crippen LogP contribution in [0, 0.1) is 0 Å². The molecule has 172 valence electrons. The van der Waals surface area contributed by atoms with Gasteiger partial charge in [-0.25, -0.2) is 4.79 Å². The van der Waals surface area contributed by atoms with Crippen molar-refractivity contribution in [2.24, 2.45) is 0 Å². The first-order valence-corrected chi connectivity index (χ1v) is 10.0. The fourth-order valence-corrected chi connectivity index (χ4v) is 3.59. The summed E-state index contributed by atoms with van der Waals surface area (Å²) in [6, 6.07) is 10.2. The highest BCUT2D eigenvalue weighted by Crippen LogP contribution is 2.34. The Balaban J connectivity index is 1.71. The van der Waals surface area contributed by atoms with Crippen LogP contribution in [-0.2, 0) is 20.6 Å². The normalized spacial score (nSPS) is 15.1. The number of halogens is 3. The molecule has 1 aliphatic heterocycles. The summed E-state index contributed by atoms with van der Waals surface area (Å²) in [6.45, 7) is -1.31. The van der Waals surface area contributed by atoms with Crippen molar-refractivity contribution in [3.8, 4) is 5.75 Å². The van der Waals surface area contributed by atoms with Gasteiger partial charge in [0.05, 0.1) is 10.5 Å². The van der Waals surface area contributed by atoms with Crippen molar-refractivity contribution in [2.75, 3.05) is 18.5 Å². The fraction of sp³-hybridized carbons (Fsp3) is 0.143. The van der Waals surface area contributed by atoms with Crippen LogP contribution in [0.15, 0.2) is 53.4 Å². The number of alkyl halides is 3. The number of rotatable bonds is 7. The summed E-state index contributed by atoms with van der Waals surface area (Å²) in [5.74, 6) is -2.66. The summed E-state index contributed by atoms with van der Waals surface area (Å²) in [5.41, 5.74) is -0.752. The molecule has 33 heavy (non-hydrogen) atoms. The maximum Gasteiger partial charge on any atom is 0.416 e. The zero-order chi connectivity index (χ0) is 24.2. The summed E-state index contributed by atoms with van der Waals surface area (Å²) in [7, 11) is 0. The average Bonchev–Trinajstić information content (AvgIpc) is 3.00. The van der Waals surface area contributed by atoms with Gasteiger partial charge in [0.2, 0.25) is 5.91 Å². The van der Waals surface area contributed by atoms with Crippen LogP contribution < -0.4 is 10.1 Å². The van der Waals surface area contributed by atoms with Crippen molar-refractivity contribution < 1.29 is 42.2 Å². The number of imide groups is 1. The number of carboxylic acids is 1. The lowest BCUT2D eigenvalue weighted by atomic mass is 10.2. The Labute approximate surface area is 189 Å². The standard InChI is InChI=1S/C21H15F3N2O6S/c22-21(23,24)13-5-3-6-14(9-13)25-17(27)10-26-19(30)16(33-20(26)31)8-12-4-1-2-7-15(12)32-11-18(28)29/h1-9H,10-11H2,(H,25,27)(H,28,29)/b16-8-. The summed E-state index contributed by atoms with van der Waals surface area (Å²) in [5, 5.41) is 10.3. The van der Waals surface area contributed by atoms with Gasteiger partial charge in [-0.3, -0.25) is 19.3 Å². The summed E-state index contributed by atoms with van der Waals surface area (Å²) >= 11 is 0.562. The molecule has 0 radical (unpaired) electrons. The summed E-state index contributed by atoms with van der Waals surface area (Å²) in [6.07, 6.45) is -3.27. The Morgan fingerprint density at radius 1 is 1.12 bits per heavy atom. The number of carbonyl (C=O) groups excluding carboxylic acids is 3. The van der Waals surface area contributed by atoms with Crippen molar-refractivity contribution in [1.29, 1.82) is 0 Å². The van der Waals surface area contributed by atoms with Crippen LogP contribution in [0.3, 0.4) is 0 Å². The van der Waals surface area contributed by atoms with Crippen molar-refractivity contribution in [3.05, 3.63) is 64.6 Å². The van der Waals surface area contributed by atoms with E-state index >= 15 is 0 Å². The number of thioether (sulfide) groups is 1. The third kappa shape index (κ3) is 6.13. The molecule has 0 aliphatic carbocycles. The van der Waals surface area contributed by atoms with Gasteiger partial charge >= 0.3 is 12.1 Å². The number of hydrogen-bond donors (Lipinski definition) is 2. The van der Waals surface area contributed by atoms with E-state index in [1.165, 1.54) is 18.2 Å². The number of nitrogens with zero attached hydrogens (tertiary/aromatic N) is 1. The molecule has 2 aromatic carbocycles. The van der Waals surface area contributed by atoms with Crippen LogP contribution in [-0.4, -0.2) is 46.2 Å². The maximum atomic E-state index is 12.8. The van der Waals surface area contributed by atoms with E-state index in [0.717, 1.165) is 18.2 Å². The number of benzene rings is 2. The topological polar surface area (TPSA) is 113 Å². The minimum Gasteiger partial charge on any atom is -0.481 e. The lowest BCUT2D eigenvalue weighted by Gasteiger charge is -2.13. The first-order valence-electron chi connectivity index (χ1n) is 9.20. The molecule has 1 aliphatic rings. The molecule has 8 nitrogen and oxygen atoms in total. The van der Waals surface area contributed by atoms with Gasteiger partial charge in [0, 0.05) is 11.3 Å². The van der Waals surface area contributed by atoms with Gasteiger partial charge in [-0.2, -0.15) is 13.2 Å². The van der Waals surface area contributed by atoms with Gasteiger partial charge in [0.1, 0.15) is 12.3 Å². The van der Waals surface area contributed by atoms with Crippen LogP contribution in [0.25, 0.3) is 6.08 Å². The Morgan fingerprint density at radius 2 is 1.85 bits per heavy atom. The molecule has 3 amide bonds. The van der Waals surface area contributed by atoms with E-state index in [0.29, 0.717) is 22.2 Å². The molecule has 2 N–H and O–H groups in total. The molecule has 1 heterocycles. The minimum atomic E-state index is -4.59. The highest BCUT2D eigenvalue weighted by atomic mass is 32.2. The zero-order valence-corrected chi connectivity index (χ0v) is 17.4. The third-order valence-corrected chi connectivity index (χ3v) is 5.11. The number of carboxylic acid groups (broad SMARTS) is 1. The third-order valence-electron chi connectivity index (χ3n) is 4.21. The molecule has 0 atom stereocenters. The van der Waals surface area contributed by atoms with Gasteiger partial charge in [-0.15, -0.1) is 0 Å². The molecule has 0 bridgehead atoms. The summed E-state index contributed by atoms with van der Waals surface area (Å²) < 4.78 is 43.6. The first kappa shape index (κ1) is 23.9. The predicted molar refractivity (Wildman–Crippen MR) is 112 cm³/mol. The van der Waals surface area contributed by atoms with Gasteiger partial charge in [-0.05, 0) is 42.1 Å². The number of anilines is 1. The molecular formula is C21H15F3N2O6S. The first-order chi connectivity index (χ1) is 15.5. The van der Waals surface area contributed by atoms with Crippen LogP contribution in [0.4, 0.5) is 23.7 Å². The minimum absolute atomic E-state index is 0.0294. The number of carbonyl (C=O) groups is 4. The van der Waals surface area contributed by atoms with Crippen LogP contribution in [0.2, 0.25) is 0 Å². The maximum absolute atomic E-state index is 12.8. The lowest BCUT2D eigenvalue weighted by Crippen LogP contribution is -2.36. The van der Waals surface area contributed by atoms with Crippen molar-refractivity contribution in [3.63, 3.8) is 0 Å². The largest absolute Gasteiger partial charge is 0.481 e. The molecule has 0 saturated carbocycles. The summed E-state index contributed by atoms with van der Waals surface area (Å²) in [4.78, 5) is 48.5. The van der Waals surface area contributed by atoms with Crippen molar-refractivity contribution in [1.82, 2.24) is 4.90 Å². The van der Waals surface area contributed by atoms with Crippen LogP contribution in [0.1, 0.15) is 11.1 Å². The van der Waals surface area contributed by atoms with E-state index in [4.69, 9.17) is 9.84 Å². The highest BCUT2D eigenvalue weighted by molar-refractivity contribution is 8.18. The van der Waals surface area contributed by atoms with E-state index in [1.807, 2.05) is 0 Å². The number of ether oxygens (including phenoxy) is 1. The number of para-hydroxylation sites is 1. The number of nitrogens with one attached hydrogen (secondary N) is 1. The van der Waals surface area contributed by atoms with E-state index in [2.05, 4.69) is 5.32 Å². The van der Waals surface area contributed by atoms with Crippen molar-refractivity contribution >= 4 is 46.5 Å². The second-order valence-corrected chi connectivity index (χ2v) is 7.61. The second-order valence-electron chi connectivity index (χ2n) is 6.61. The van der Waals surface area contributed by atoms with Gasteiger partial charge in [0.15, 0.2) is 6.61 Å². The van der Waals surface area contributed by atoms with Gasteiger partial charge < -0.3 is 15.2 Å². The van der Waals surface area contributed by atoms with Gasteiger partial charge in [0.25, 0.3) is 11.1 Å². The molecule has 0 spiro atoms. The van der Waals surface area contributed by atoms with Gasteiger partial charge in [-0.1, -0.05) is 24.3 Å². The number of hydrogen-bond acceptors (Lipinski definition) is 6. The second kappa shape index (κ2) is 9.77. The van der Waals surface area contributed by atoms with E-state index in [9.17, 15) is 32.3 Å². The fourth-order valence-electron chi connectivity index (χ4n) is 2.77. The molecular weight excluding hydrogens is 465 g/mol. The predicted octanol–water partition coefficient (Wildman–Crippen LogP) is 3.84. The Hall–Kier alpha value is -3.80. The molecule has 1 saturated heterocycles.